The molecule has 0 aliphatic heterocycles. The molecule has 0 saturated heterocycles. The summed E-state index contributed by atoms with van der Waals surface area (Å²) in [5.74, 6) is -0.523. The first-order valence-corrected chi connectivity index (χ1v) is 6.72. The van der Waals surface area contributed by atoms with E-state index < -0.39 is 0 Å². The van der Waals surface area contributed by atoms with Gasteiger partial charge in [-0.05, 0) is 35.4 Å². The van der Waals surface area contributed by atoms with Gasteiger partial charge in [0.05, 0.1) is 18.4 Å². The average Bonchev–Trinajstić information content (AvgIpc) is 2.54. The molecule has 0 saturated carbocycles. The van der Waals surface area contributed by atoms with Crippen molar-refractivity contribution in [2.75, 3.05) is 7.11 Å². The molecule has 0 bridgehead atoms. The molecule has 0 radical (unpaired) electrons. The highest BCUT2D eigenvalue weighted by atomic mass is 16.5. The second-order valence-corrected chi connectivity index (χ2v) is 4.62. The first-order chi connectivity index (χ1) is 11.0. The third-order valence-electron chi connectivity index (χ3n) is 2.99. The van der Waals surface area contributed by atoms with E-state index in [-0.39, 0.29) is 17.9 Å². The maximum atomic E-state index is 11.4. The fourth-order valence-electron chi connectivity index (χ4n) is 1.93. The number of carbonyl (C=O) groups excluding carboxylic acids is 1. The van der Waals surface area contributed by atoms with E-state index >= 15 is 0 Å². The molecule has 118 valence electrons. The Morgan fingerprint density at radius 2 is 1.43 bits per heavy atom. The number of carbonyl (C=O) groups is 1. The SMILES string of the molecule is COC(=O)c1ccc(-c2ccc(N=C(N)N=C(N)N)cc2)cc1. The van der Waals surface area contributed by atoms with Crippen LogP contribution in [-0.4, -0.2) is 25.0 Å². The number of benzene rings is 2. The first kappa shape index (κ1) is 16.0. The number of hydrogen-bond acceptors (Lipinski definition) is 3. The van der Waals surface area contributed by atoms with Gasteiger partial charge in [-0.3, -0.25) is 0 Å². The normalized spacial score (nSPS) is 10.9. The molecule has 7 nitrogen and oxygen atoms in total. The second-order valence-electron chi connectivity index (χ2n) is 4.62. The highest BCUT2D eigenvalue weighted by Gasteiger charge is 2.05. The van der Waals surface area contributed by atoms with E-state index in [0.29, 0.717) is 11.3 Å². The van der Waals surface area contributed by atoms with Gasteiger partial charge in [-0.2, -0.15) is 4.99 Å². The molecule has 23 heavy (non-hydrogen) atoms. The molecular weight excluding hydrogens is 294 g/mol. The molecule has 0 unspecified atom stereocenters. The molecule has 6 N–H and O–H groups in total. The summed E-state index contributed by atoms with van der Waals surface area (Å²) in [6.45, 7) is 0. The third kappa shape index (κ3) is 4.31. The van der Waals surface area contributed by atoms with Crippen molar-refractivity contribution in [1.29, 1.82) is 0 Å². The zero-order chi connectivity index (χ0) is 16.8. The van der Waals surface area contributed by atoms with E-state index in [9.17, 15) is 4.79 Å². The predicted octanol–water partition coefficient (Wildman–Crippen LogP) is 1.36. The molecular formula is C16H17N5O2. The Morgan fingerprint density at radius 3 is 1.91 bits per heavy atom. The van der Waals surface area contributed by atoms with Crippen LogP contribution in [0.1, 0.15) is 10.4 Å². The lowest BCUT2D eigenvalue weighted by Gasteiger charge is -2.04. The standard InChI is InChI=1S/C16H17N5O2/c1-23-14(22)12-4-2-10(3-5-12)11-6-8-13(9-7-11)20-16(19)21-15(17)18/h2-9H,1H3,(H6,17,18,19,20,21). The molecule has 0 spiro atoms. The Bertz CT molecular complexity index is 745. The van der Waals surface area contributed by atoms with Crippen molar-refractivity contribution in [2.24, 2.45) is 27.2 Å². The van der Waals surface area contributed by atoms with Crippen molar-refractivity contribution >= 4 is 23.6 Å². The van der Waals surface area contributed by atoms with Crippen LogP contribution in [0.3, 0.4) is 0 Å². The van der Waals surface area contributed by atoms with Gasteiger partial charge in [-0.1, -0.05) is 24.3 Å². The fourth-order valence-corrected chi connectivity index (χ4v) is 1.93. The number of aliphatic imine (C=N–C) groups is 2. The summed E-state index contributed by atoms with van der Waals surface area (Å²) < 4.78 is 4.67. The maximum absolute atomic E-state index is 11.4. The van der Waals surface area contributed by atoms with Crippen LogP contribution in [0.15, 0.2) is 58.5 Å². The minimum absolute atomic E-state index is 0.0137. The molecule has 2 aromatic carbocycles. The number of methoxy groups -OCH3 is 1. The number of rotatable bonds is 3. The quantitative estimate of drug-likeness (QED) is 0.448. The van der Waals surface area contributed by atoms with Gasteiger partial charge in [-0.15, -0.1) is 0 Å². The molecule has 0 aromatic heterocycles. The number of nitrogens with two attached hydrogens (primary N) is 3. The molecule has 0 heterocycles. The van der Waals surface area contributed by atoms with Crippen LogP contribution in [0.5, 0.6) is 0 Å². The molecule has 2 aromatic rings. The van der Waals surface area contributed by atoms with E-state index in [1.54, 1.807) is 24.3 Å². The van der Waals surface area contributed by atoms with Crippen LogP contribution in [0.25, 0.3) is 11.1 Å². The predicted molar refractivity (Wildman–Crippen MR) is 90.3 cm³/mol. The Balaban J connectivity index is 2.19. The lowest BCUT2D eigenvalue weighted by Crippen LogP contribution is -2.26. The Hall–Kier alpha value is -3.35. The minimum Gasteiger partial charge on any atom is -0.465 e. The van der Waals surface area contributed by atoms with Gasteiger partial charge in [-0.25, -0.2) is 9.79 Å². The van der Waals surface area contributed by atoms with E-state index in [4.69, 9.17) is 17.2 Å². The van der Waals surface area contributed by atoms with Crippen LogP contribution in [0.2, 0.25) is 0 Å². The number of hydrogen-bond donors (Lipinski definition) is 3. The maximum Gasteiger partial charge on any atom is 0.337 e. The Morgan fingerprint density at radius 1 is 0.913 bits per heavy atom. The van der Waals surface area contributed by atoms with E-state index in [1.807, 2.05) is 24.3 Å². The van der Waals surface area contributed by atoms with Gasteiger partial charge >= 0.3 is 5.97 Å². The van der Waals surface area contributed by atoms with Crippen LogP contribution < -0.4 is 17.2 Å². The summed E-state index contributed by atoms with van der Waals surface area (Å²) >= 11 is 0. The zero-order valence-corrected chi connectivity index (χ0v) is 12.6. The monoisotopic (exact) mass is 311 g/mol. The van der Waals surface area contributed by atoms with Crippen LogP contribution in [0.4, 0.5) is 5.69 Å². The van der Waals surface area contributed by atoms with Crippen molar-refractivity contribution in [3.05, 3.63) is 54.1 Å². The summed E-state index contributed by atoms with van der Waals surface area (Å²) in [6, 6.07) is 14.5. The van der Waals surface area contributed by atoms with E-state index in [2.05, 4.69) is 14.7 Å². The van der Waals surface area contributed by atoms with Crippen molar-refractivity contribution in [3.63, 3.8) is 0 Å². The summed E-state index contributed by atoms with van der Waals surface area (Å²) in [5, 5.41) is 0. The summed E-state index contributed by atoms with van der Waals surface area (Å²) in [5.41, 5.74) is 19.1. The van der Waals surface area contributed by atoms with E-state index in [0.717, 1.165) is 11.1 Å². The lowest BCUT2D eigenvalue weighted by molar-refractivity contribution is 0.0601. The van der Waals surface area contributed by atoms with Crippen LogP contribution in [0, 0.1) is 0 Å². The average molecular weight is 311 g/mol. The third-order valence-corrected chi connectivity index (χ3v) is 2.99. The molecule has 0 amide bonds. The molecule has 0 atom stereocenters. The van der Waals surface area contributed by atoms with Gasteiger partial charge in [0.1, 0.15) is 0 Å². The largest absolute Gasteiger partial charge is 0.465 e. The number of esters is 1. The van der Waals surface area contributed by atoms with Crippen molar-refractivity contribution < 1.29 is 9.53 Å². The smallest absolute Gasteiger partial charge is 0.337 e. The molecule has 0 aliphatic carbocycles. The highest BCUT2D eigenvalue weighted by molar-refractivity contribution is 5.93. The first-order valence-electron chi connectivity index (χ1n) is 6.72. The number of guanidine groups is 2. The topological polar surface area (TPSA) is 129 Å². The fraction of sp³-hybridized carbons (Fsp3) is 0.0625. The number of ether oxygens (including phenoxy) is 1. The van der Waals surface area contributed by atoms with E-state index in [1.165, 1.54) is 7.11 Å². The van der Waals surface area contributed by atoms with Crippen LogP contribution in [-0.2, 0) is 4.74 Å². The van der Waals surface area contributed by atoms with Crippen molar-refractivity contribution in [2.45, 2.75) is 0 Å². The van der Waals surface area contributed by atoms with Crippen LogP contribution >= 0.6 is 0 Å². The van der Waals surface area contributed by atoms with Gasteiger partial charge in [0.2, 0.25) is 5.96 Å². The molecule has 2 rings (SSSR count). The summed E-state index contributed by atoms with van der Waals surface area (Å²) in [4.78, 5) is 19.1. The second kappa shape index (κ2) is 7.08. The number of nitrogens with zero attached hydrogens (tertiary/aromatic N) is 2. The molecule has 7 heteroatoms. The zero-order valence-electron chi connectivity index (χ0n) is 12.6. The molecule has 0 aliphatic rings. The summed E-state index contributed by atoms with van der Waals surface area (Å²) in [7, 11) is 1.35. The van der Waals surface area contributed by atoms with Gasteiger partial charge in [0, 0.05) is 0 Å². The van der Waals surface area contributed by atoms with Gasteiger partial charge < -0.3 is 21.9 Å². The van der Waals surface area contributed by atoms with Crippen molar-refractivity contribution in [3.8, 4) is 11.1 Å². The molecule has 0 fully saturated rings. The van der Waals surface area contributed by atoms with Gasteiger partial charge in [0.25, 0.3) is 0 Å². The Labute approximate surface area is 133 Å². The Kier molecular flexibility index (Phi) is 4.93. The minimum atomic E-state index is -0.364. The van der Waals surface area contributed by atoms with Crippen molar-refractivity contribution in [1.82, 2.24) is 0 Å². The van der Waals surface area contributed by atoms with Gasteiger partial charge in [0.15, 0.2) is 5.96 Å². The lowest BCUT2D eigenvalue weighted by atomic mass is 10.0. The summed E-state index contributed by atoms with van der Waals surface area (Å²) in [6.07, 6.45) is 0. The highest BCUT2D eigenvalue weighted by Crippen LogP contribution is 2.23.